The summed E-state index contributed by atoms with van der Waals surface area (Å²) in [6, 6.07) is 8.45. The molecule has 1 saturated heterocycles. The fraction of sp³-hybridized carbons (Fsp3) is 0.211. The van der Waals surface area contributed by atoms with Gasteiger partial charge in [-0.05, 0) is 24.3 Å². The molecule has 5 rings (SSSR count). The number of aromatic nitrogens is 5. The Bertz CT molecular complexity index is 1010. The smallest absolute Gasteiger partial charge is 0.128 e. The summed E-state index contributed by atoms with van der Waals surface area (Å²) in [4.78, 5) is 7.03. The first-order chi connectivity index (χ1) is 12.9. The second-order valence-electron chi connectivity index (χ2n) is 6.43. The number of aromatic amines is 1. The van der Waals surface area contributed by atoms with E-state index >= 15 is 0 Å². The molecule has 2 N–H and O–H groups in total. The minimum absolute atomic E-state index is 0.995. The summed E-state index contributed by atoms with van der Waals surface area (Å²) in [5.74, 6) is 1.03. The predicted molar refractivity (Wildman–Crippen MR) is 101 cm³/mol. The standard InChI is InChI=1S/C19H19N7/c1-2-19(25-7-5-20-6-8-25)21-10-14(1)17-9-15(16-11-22-23-12-16)13-26-18(17)3-4-24-26/h1-4,9-13,20H,5-8H2,(H,22,23). The first kappa shape index (κ1) is 15.1. The first-order valence-electron chi connectivity index (χ1n) is 8.77. The fourth-order valence-electron chi connectivity index (χ4n) is 3.45. The Balaban J connectivity index is 1.56. The van der Waals surface area contributed by atoms with Gasteiger partial charge in [0.15, 0.2) is 0 Å². The van der Waals surface area contributed by atoms with Crippen molar-refractivity contribution in [2.45, 2.75) is 0 Å². The highest BCUT2D eigenvalue weighted by atomic mass is 15.2. The molecule has 0 amide bonds. The van der Waals surface area contributed by atoms with Gasteiger partial charge >= 0.3 is 0 Å². The van der Waals surface area contributed by atoms with Crippen molar-refractivity contribution in [1.29, 1.82) is 0 Å². The minimum atomic E-state index is 0.995. The normalized spacial score (nSPS) is 14.8. The molecule has 4 aromatic heterocycles. The number of rotatable bonds is 3. The Kier molecular flexibility index (Phi) is 3.64. The summed E-state index contributed by atoms with van der Waals surface area (Å²) in [6.45, 7) is 4.00. The lowest BCUT2D eigenvalue weighted by atomic mass is 10.0. The molecule has 0 radical (unpaired) electrons. The van der Waals surface area contributed by atoms with Gasteiger partial charge < -0.3 is 10.2 Å². The maximum Gasteiger partial charge on any atom is 0.128 e. The van der Waals surface area contributed by atoms with Gasteiger partial charge in [0.2, 0.25) is 0 Å². The highest BCUT2D eigenvalue weighted by molar-refractivity contribution is 5.84. The van der Waals surface area contributed by atoms with Crippen molar-refractivity contribution in [3.05, 3.63) is 55.2 Å². The Hall–Kier alpha value is -3.19. The number of H-pyrrole nitrogens is 1. The van der Waals surface area contributed by atoms with Crippen LogP contribution in [0.5, 0.6) is 0 Å². The van der Waals surface area contributed by atoms with Crippen LogP contribution < -0.4 is 10.2 Å². The topological polar surface area (TPSA) is 74.1 Å². The molecule has 1 aliphatic heterocycles. The average Bonchev–Trinajstić information content (AvgIpc) is 3.40. The van der Waals surface area contributed by atoms with Gasteiger partial charge in [0.1, 0.15) is 5.82 Å². The van der Waals surface area contributed by atoms with Crippen LogP contribution in [0.1, 0.15) is 0 Å². The molecule has 0 unspecified atom stereocenters. The molecule has 26 heavy (non-hydrogen) atoms. The van der Waals surface area contributed by atoms with Gasteiger partial charge in [0.05, 0.1) is 11.7 Å². The number of hydrogen-bond donors (Lipinski definition) is 2. The van der Waals surface area contributed by atoms with Gasteiger partial charge in [-0.2, -0.15) is 10.2 Å². The summed E-state index contributed by atoms with van der Waals surface area (Å²) in [5.41, 5.74) is 5.36. The van der Waals surface area contributed by atoms with Gasteiger partial charge in [-0.25, -0.2) is 9.50 Å². The summed E-state index contributed by atoms with van der Waals surface area (Å²) >= 11 is 0. The lowest BCUT2D eigenvalue weighted by molar-refractivity contribution is 0.585. The molecule has 1 fully saturated rings. The lowest BCUT2D eigenvalue weighted by Gasteiger charge is -2.28. The molecule has 0 saturated carbocycles. The second kappa shape index (κ2) is 6.27. The van der Waals surface area contributed by atoms with E-state index in [0.29, 0.717) is 0 Å². The molecule has 7 heteroatoms. The Morgan fingerprint density at radius 1 is 0.962 bits per heavy atom. The molecular formula is C19H19N7. The van der Waals surface area contributed by atoms with Crippen LogP contribution in [-0.4, -0.2) is 51.0 Å². The van der Waals surface area contributed by atoms with Gasteiger partial charge in [0.25, 0.3) is 0 Å². The maximum absolute atomic E-state index is 4.71. The number of nitrogens with zero attached hydrogens (tertiary/aromatic N) is 5. The summed E-state index contributed by atoms with van der Waals surface area (Å²) in [7, 11) is 0. The third kappa shape index (κ3) is 2.62. The zero-order chi connectivity index (χ0) is 17.3. The van der Waals surface area contributed by atoms with Crippen LogP contribution in [0.25, 0.3) is 27.8 Å². The summed E-state index contributed by atoms with van der Waals surface area (Å²) in [6.07, 6.45) is 9.51. The molecule has 130 valence electrons. The van der Waals surface area contributed by atoms with Crippen LogP contribution in [-0.2, 0) is 0 Å². The van der Waals surface area contributed by atoms with Crippen LogP contribution in [0.4, 0.5) is 5.82 Å². The van der Waals surface area contributed by atoms with Crippen LogP contribution in [0.15, 0.2) is 55.2 Å². The molecule has 0 aromatic carbocycles. The monoisotopic (exact) mass is 345 g/mol. The van der Waals surface area contributed by atoms with E-state index in [1.54, 1.807) is 0 Å². The predicted octanol–water partition coefficient (Wildman–Crippen LogP) is 2.20. The number of anilines is 1. The summed E-state index contributed by atoms with van der Waals surface area (Å²) in [5, 5.41) is 14.7. The molecular weight excluding hydrogens is 326 g/mol. The molecule has 0 bridgehead atoms. The van der Waals surface area contributed by atoms with E-state index in [-0.39, 0.29) is 0 Å². The van der Waals surface area contributed by atoms with E-state index in [4.69, 9.17) is 4.98 Å². The van der Waals surface area contributed by atoms with Crippen molar-refractivity contribution in [3.63, 3.8) is 0 Å². The van der Waals surface area contributed by atoms with E-state index in [1.807, 2.05) is 41.6 Å². The van der Waals surface area contributed by atoms with Crippen LogP contribution in [0.2, 0.25) is 0 Å². The van der Waals surface area contributed by atoms with Crippen LogP contribution in [0.3, 0.4) is 0 Å². The van der Waals surface area contributed by atoms with E-state index in [0.717, 1.165) is 59.8 Å². The molecule has 4 aromatic rings. The van der Waals surface area contributed by atoms with E-state index in [2.05, 4.69) is 43.7 Å². The second-order valence-corrected chi connectivity index (χ2v) is 6.43. The van der Waals surface area contributed by atoms with Gasteiger partial charge in [-0.15, -0.1) is 0 Å². The SMILES string of the molecule is c1cc2c(-c3ccc(N4CCNCC4)nc3)cc(-c3cn[nH]c3)cn2n1. The van der Waals surface area contributed by atoms with Gasteiger partial charge in [-0.1, -0.05) is 0 Å². The molecule has 0 atom stereocenters. The highest BCUT2D eigenvalue weighted by Crippen LogP contribution is 2.30. The minimum Gasteiger partial charge on any atom is -0.354 e. The van der Waals surface area contributed by atoms with Crippen molar-refractivity contribution in [2.75, 3.05) is 31.1 Å². The van der Waals surface area contributed by atoms with Crippen LogP contribution in [0, 0.1) is 0 Å². The molecule has 7 nitrogen and oxygen atoms in total. The van der Waals surface area contributed by atoms with Crippen molar-refractivity contribution >= 4 is 11.3 Å². The fourth-order valence-corrected chi connectivity index (χ4v) is 3.45. The maximum atomic E-state index is 4.71. The third-order valence-corrected chi connectivity index (χ3v) is 4.84. The number of fused-ring (bicyclic) bond motifs is 1. The number of hydrogen-bond acceptors (Lipinski definition) is 5. The largest absolute Gasteiger partial charge is 0.354 e. The van der Waals surface area contributed by atoms with Gasteiger partial charge in [0, 0.05) is 73.2 Å². The van der Waals surface area contributed by atoms with Crippen molar-refractivity contribution in [2.24, 2.45) is 0 Å². The first-order valence-corrected chi connectivity index (χ1v) is 8.77. The van der Waals surface area contributed by atoms with Gasteiger partial charge in [-0.3, -0.25) is 5.10 Å². The Morgan fingerprint density at radius 3 is 2.65 bits per heavy atom. The quantitative estimate of drug-likeness (QED) is 0.595. The zero-order valence-electron chi connectivity index (χ0n) is 14.3. The van der Waals surface area contributed by atoms with Crippen LogP contribution >= 0.6 is 0 Å². The van der Waals surface area contributed by atoms with E-state index in [9.17, 15) is 0 Å². The van der Waals surface area contributed by atoms with Crippen molar-refractivity contribution < 1.29 is 0 Å². The van der Waals surface area contributed by atoms with E-state index in [1.165, 1.54) is 0 Å². The zero-order valence-corrected chi connectivity index (χ0v) is 14.3. The number of pyridine rings is 2. The van der Waals surface area contributed by atoms with Crippen molar-refractivity contribution in [3.8, 4) is 22.3 Å². The van der Waals surface area contributed by atoms with Crippen molar-refractivity contribution in [1.82, 2.24) is 30.1 Å². The Morgan fingerprint density at radius 2 is 1.88 bits per heavy atom. The lowest BCUT2D eigenvalue weighted by Crippen LogP contribution is -2.43. The molecule has 0 aliphatic carbocycles. The summed E-state index contributed by atoms with van der Waals surface area (Å²) < 4.78 is 1.90. The van der Waals surface area contributed by atoms with E-state index < -0.39 is 0 Å². The molecule has 0 spiro atoms. The molecule has 1 aliphatic rings. The highest BCUT2D eigenvalue weighted by Gasteiger charge is 2.13. The third-order valence-electron chi connectivity index (χ3n) is 4.84. The molecule has 5 heterocycles. The number of piperazine rings is 1. The Labute approximate surface area is 150 Å². The number of nitrogens with one attached hydrogen (secondary N) is 2. The average molecular weight is 345 g/mol.